The number of carbonyl (C=O) groups is 1. The van der Waals surface area contributed by atoms with Gasteiger partial charge in [-0.25, -0.2) is 13.1 Å². The number of tetrazole rings is 1. The molecule has 1 aromatic carbocycles. The molecule has 0 aliphatic carbocycles. The Balaban J connectivity index is 1.67. The number of aromatic nitrogens is 4. The van der Waals surface area contributed by atoms with E-state index in [1.54, 1.807) is 16.5 Å². The first-order chi connectivity index (χ1) is 12.9. The van der Waals surface area contributed by atoms with Crippen molar-refractivity contribution in [2.75, 3.05) is 18.1 Å². The van der Waals surface area contributed by atoms with Crippen molar-refractivity contribution >= 4 is 27.5 Å². The summed E-state index contributed by atoms with van der Waals surface area (Å²) in [7, 11) is -3.04. The number of nitrogens with zero attached hydrogens (tertiary/aromatic N) is 5. The Morgan fingerprint density at radius 3 is 2.74 bits per heavy atom. The van der Waals surface area contributed by atoms with Crippen LogP contribution >= 0.6 is 11.8 Å². The second-order valence-corrected chi connectivity index (χ2v) is 10.1. The maximum atomic E-state index is 12.9. The molecule has 8 nitrogen and oxygen atoms in total. The summed E-state index contributed by atoms with van der Waals surface area (Å²) in [5.41, 5.74) is 1.07. The summed E-state index contributed by atoms with van der Waals surface area (Å²) in [6, 6.07) is 9.59. The molecule has 10 heteroatoms. The molecule has 1 aromatic heterocycles. The van der Waals surface area contributed by atoms with Crippen LogP contribution in [0.2, 0.25) is 0 Å². The molecule has 1 aliphatic rings. The summed E-state index contributed by atoms with van der Waals surface area (Å²) in [6.07, 6.45) is 0.505. The van der Waals surface area contributed by atoms with Gasteiger partial charge in [0.2, 0.25) is 11.1 Å². The number of carbonyl (C=O) groups excluding carboxylic acids is 1. The van der Waals surface area contributed by atoms with E-state index >= 15 is 0 Å². The fourth-order valence-corrected chi connectivity index (χ4v) is 5.78. The molecule has 0 bridgehead atoms. The van der Waals surface area contributed by atoms with Crippen molar-refractivity contribution in [3.8, 4) is 0 Å². The second-order valence-electron chi connectivity index (χ2n) is 6.55. The molecule has 1 amide bonds. The maximum absolute atomic E-state index is 12.9. The van der Waals surface area contributed by atoms with Gasteiger partial charge in [0.05, 0.1) is 23.3 Å². The molecule has 0 radical (unpaired) electrons. The van der Waals surface area contributed by atoms with E-state index in [4.69, 9.17) is 0 Å². The molecule has 0 saturated carbocycles. The Kier molecular flexibility index (Phi) is 6.15. The molecule has 1 fully saturated rings. The number of rotatable bonds is 7. The van der Waals surface area contributed by atoms with Crippen LogP contribution in [0.15, 0.2) is 35.5 Å². The molecule has 0 N–H and O–H groups in total. The summed E-state index contributed by atoms with van der Waals surface area (Å²) >= 11 is 1.29. The van der Waals surface area contributed by atoms with Crippen molar-refractivity contribution in [1.82, 2.24) is 25.1 Å². The smallest absolute Gasteiger partial charge is 0.236 e. The first kappa shape index (κ1) is 19.8. The summed E-state index contributed by atoms with van der Waals surface area (Å²) in [6.45, 7) is 4.69. The van der Waals surface area contributed by atoms with E-state index in [9.17, 15) is 13.2 Å². The van der Waals surface area contributed by atoms with E-state index in [-0.39, 0.29) is 23.5 Å². The zero-order valence-corrected chi connectivity index (χ0v) is 17.0. The van der Waals surface area contributed by atoms with E-state index in [0.717, 1.165) is 5.56 Å². The van der Waals surface area contributed by atoms with Gasteiger partial charge in [0.25, 0.3) is 0 Å². The number of amides is 1. The van der Waals surface area contributed by atoms with Crippen LogP contribution in [0.4, 0.5) is 0 Å². The zero-order valence-electron chi connectivity index (χ0n) is 15.4. The third kappa shape index (κ3) is 4.86. The molecular formula is C17H23N5O3S2. The molecule has 2 atom stereocenters. The average molecular weight is 410 g/mol. The molecule has 146 valence electrons. The summed E-state index contributed by atoms with van der Waals surface area (Å²) in [4.78, 5) is 14.6. The normalized spacial score (nSPS) is 19.7. The molecule has 1 aliphatic heterocycles. The number of sulfone groups is 1. The maximum Gasteiger partial charge on any atom is 0.236 e. The van der Waals surface area contributed by atoms with Crippen molar-refractivity contribution in [2.24, 2.45) is 0 Å². The minimum atomic E-state index is -3.04. The largest absolute Gasteiger partial charge is 0.338 e. The monoisotopic (exact) mass is 409 g/mol. The summed E-state index contributed by atoms with van der Waals surface area (Å²) < 4.78 is 25.2. The van der Waals surface area contributed by atoms with Crippen LogP contribution in [0.5, 0.6) is 0 Å². The highest BCUT2D eigenvalue weighted by Gasteiger charge is 2.35. The predicted octanol–water partition coefficient (Wildman–Crippen LogP) is 1.24. The van der Waals surface area contributed by atoms with Gasteiger partial charge < -0.3 is 4.90 Å². The first-order valence-corrected chi connectivity index (χ1v) is 11.6. The van der Waals surface area contributed by atoms with E-state index in [2.05, 4.69) is 15.5 Å². The lowest BCUT2D eigenvalue weighted by Gasteiger charge is -2.29. The van der Waals surface area contributed by atoms with Gasteiger partial charge in [-0.05, 0) is 36.3 Å². The molecule has 1 saturated heterocycles. The lowest BCUT2D eigenvalue weighted by Crippen LogP contribution is -2.44. The van der Waals surface area contributed by atoms with E-state index in [1.165, 1.54) is 11.8 Å². The minimum Gasteiger partial charge on any atom is -0.338 e. The van der Waals surface area contributed by atoms with E-state index in [1.807, 2.05) is 37.3 Å². The predicted molar refractivity (Wildman–Crippen MR) is 103 cm³/mol. The molecular weight excluding hydrogens is 386 g/mol. The Bertz CT molecular complexity index is 885. The fourth-order valence-electron chi connectivity index (χ4n) is 3.19. The van der Waals surface area contributed by atoms with Crippen molar-refractivity contribution in [2.45, 2.75) is 43.3 Å². The Morgan fingerprint density at radius 2 is 2.11 bits per heavy atom. The number of hydrogen-bond acceptors (Lipinski definition) is 7. The van der Waals surface area contributed by atoms with Crippen molar-refractivity contribution in [3.05, 3.63) is 35.9 Å². The number of benzene rings is 1. The van der Waals surface area contributed by atoms with Crippen molar-refractivity contribution in [3.63, 3.8) is 0 Å². The molecule has 2 aromatic rings. The average Bonchev–Trinajstić information content (AvgIpc) is 3.22. The lowest BCUT2D eigenvalue weighted by molar-refractivity contribution is -0.131. The Hall–Kier alpha value is -1.94. The van der Waals surface area contributed by atoms with E-state index in [0.29, 0.717) is 24.7 Å². The fraction of sp³-hybridized carbons (Fsp3) is 0.529. The quantitative estimate of drug-likeness (QED) is 0.635. The SMILES string of the molecule is CCN(C(=O)C(C)Sc1nnnn1Cc1ccccc1)C1CCS(=O)(=O)C1. The number of hydrogen-bond donors (Lipinski definition) is 0. The van der Waals surface area contributed by atoms with Gasteiger partial charge in [-0.2, -0.15) is 0 Å². The number of thioether (sulfide) groups is 1. The Morgan fingerprint density at radius 1 is 1.37 bits per heavy atom. The second kappa shape index (κ2) is 8.39. The van der Waals surface area contributed by atoms with Gasteiger partial charge in [0.15, 0.2) is 9.84 Å². The van der Waals surface area contributed by atoms with Crippen LogP contribution in [0.3, 0.4) is 0 Å². The van der Waals surface area contributed by atoms with Crippen LogP contribution in [-0.2, 0) is 21.2 Å². The van der Waals surface area contributed by atoms with Crippen molar-refractivity contribution < 1.29 is 13.2 Å². The van der Waals surface area contributed by atoms with Gasteiger partial charge in [-0.15, -0.1) is 5.10 Å². The van der Waals surface area contributed by atoms with Gasteiger partial charge in [-0.1, -0.05) is 42.1 Å². The Labute approximate surface area is 163 Å². The van der Waals surface area contributed by atoms with E-state index < -0.39 is 15.1 Å². The lowest BCUT2D eigenvalue weighted by atomic mass is 10.2. The summed E-state index contributed by atoms with van der Waals surface area (Å²) in [5.74, 6) is 0.118. The third-order valence-corrected chi connectivity index (χ3v) is 7.39. The molecule has 0 spiro atoms. The standard InChI is InChI=1S/C17H23N5O3S2/c1-3-21(15-9-10-27(24,25)12-15)16(23)13(2)26-17-18-19-20-22(17)11-14-7-5-4-6-8-14/h4-8,13,15H,3,9-12H2,1-2H3. The highest BCUT2D eigenvalue weighted by molar-refractivity contribution is 8.00. The van der Waals surface area contributed by atoms with Crippen LogP contribution in [-0.4, -0.2) is 68.8 Å². The highest BCUT2D eigenvalue weighted by Crippen LogP contribution is 2.25. The highest BCUT2D eigenvalue weighted by atomic mass is 32.2. The van der Waals surface area contributed by atoms with Crippen molar-refractivity contribution in [1.29, 1.82) is 0 Å². The van der Waals surface area contributed by atoms with Crippen LogP contribution < -0.4 is 0 Å². The third-order valence-electron chi connectivity index (χ3n) is 4.58. The van der Waals surface area contributed by atoms with Crippen LogP contribution in [0.1, 0.15) is 25.8 Å². The molecule has 27 heavy (non-hydrogen) atoms. The van der Waals surface area contributed by atoms with Gasteiger partial charge in [0.1, 0.15) is 0 Å². The van der Waals surface area contributed by atoms with Gasteiger partial charge >= 0.3 is 0 Å². The zero-order chi connectivity index (χ0) is 19.4. The topological polar surface area (TPSA) is 98.1 Å². The van der Waals surface area contributed by atoms with Gasteiger partial charge in [-0.3, -0.25) is 4.79 Å². The molecule has 2 heterocycles. The molecule has 2 unspecified atom stereocenters. The van der Waals surface area contributed by atoms with Crippen LogP contribution in [0, 0.1) is 0 Å². The van der Waals surface area contributed by atoms with Gasteiger partial charge in [0, 0.05) is 12.6 Å². The summed E-state index contributed by atoms with van der Waals surface area (Å²) in [5, 5.41) is 11.9. The van der Waals surface area contributed by atoms with Crippen LogP contribution in [0.25, 0.3) is 0 Å². The first-order valence-electron chi connectivity index (χ1n) is 8.87. The molecule has 3 rings (SSSR count). The minimum absolute atomic E-state index is 0.0513.